The normalized spacial score (nSPS) is 15.3. The molecule has 0 saturated carbocycles. The lowest BCUT2D eigenvalue weighted by atomic mass is 9.91. The first-order valence-corrected chi connectivity index (χ1v) is 9.69. The highest BCUT2D eigenvalue weighted by atomic mass is 19.1. The molecule has 0 fully saturated rings. The van der Waals surface area contributed by atoms with E-state index in [0.717, 1.165) is 39.1 Å². The van der Waals surface area contributed by atoms with Crippen molar-refractivity contribution in [2.45, 2.75) is 33.0 Å². The van der Waals surface area contributed by atoms with Crippen molar-refractivity contribution < 1.29 is 9.18 Å². The minimum absolute atomic E-state index is 0.103. The number of nitrogens with zero attached hydrogens (tertiary/aromatic N) is 4. The summed E-state index contributed by atoms with van der Waals surface area (Å²) in [4.78, 5) is 19.3. The molecule has 2 aliphatic rings. The van der Waals surface area contributed by atoms with Gasteiger partial charge in [-0.2, -0.15) is 5.10 Å². The van der Waals surface area contributed by atoms with E-state index in [1.807, 2.05) is 30.4 Å². The molecule has 5 rings (SSSR count). The second-order valence-electron chi connectivity index (χ2n) is 7.86. The van der Waals surface area contributed by atoms with Gasteiger partial charge >= 0.3 is 0 Å². The Morgan fingerprint density at radius 2 is 2.00 bits per heavy atom. The zero-order valence-corrected chi connectivity index (χ0v) is 16.4. The number of carbonyl (C=O) groups excluding carboxylic acids is 1. The fourth-order valence-corrected chi connectivity index (χ4v) is 4.18. The molecule has 0 atom stereocenters. The smallest absolute Gasteiger partial charge is 0.227 e. The third-order valence-corrected chi connectivity index (χ3v) is 5.72. The van der Waals surface area contributed by atoms with E-state index in [2.05, 4.69) is 17.2 Å². The highest BCUT2D eigenvalue weighted by Gasteiger charge is 2.27. The Morgan fingerprint density at radius 1 is 1.14 bits per heavy atom. The van der Waals surface area contributed by atoms with Gasteiger partial charge in [-0.15, -0.1) is 0 Å². The Kier molecular flexibility index (Phi) is 4.08. The molecule has 5 nitrogen and oxygen atoms in total. The van der Waals surface area contributed by atoms with E-state index in [-0.39, 0.29) is 11.7 Å². The zero-order chi connectivity index (χ0) is 20.1. The van der Waals surface area contributed by atoms with Gasteiger partial charge in [0, 0.05) is 37.5 Å². The maximum absolute atomic E-state index is 13.6. The van der Waals surface area contributed by atoms with Crippen LogP contribution in [0.25, 0.3) is 0 Å². The van der Waals surface area contributed by atoms with Gasteiger partial charge in [-0.25, -0.2) is 4.39 Å². The van der Waals surface area contributed by atoms with Gasteiger partial charge < -0.3 is 4.90 Å². The zero-order valence-electron chi connectivity index (χ0n) is 16.4. The summed E-state index contributed by atoms with van der Waals surface area (Å²) >= 11 is 0. The summed E-state index contributed by atoms with van der Waals surface area (Å²) in [5, 5.41) is 4.26. The van der Waals surface area contributed by atoms with Crippen LogP contribution in [0.2, 0.25) is 0 Å². The number of aliphatic imine (C=N–C) groups is 1. The van der Waals surface area contributed by atoms with Crippen molar-refractivity contribution in [3.63, 3.8) is 0 Å². The lowest BCUT2D eigenvalue weighted by Crippen LogP contribution is -2.35. The topological polar surface area (TPSA) is 50.5 Å². The third kappa shape index (κ3) is 3.14. The minimum Gasteiger partial charge on any atom is -0.334 e. The first kappa shape index (κ1) is 17.8. The van der Waals surface area contributed by atoms with Gasteiger partial charge in [0.05, 0.1) is 24.9 Å². The molecule has 0 unspecified atom stereocenters. The Balaban J connectivity index is 1.44. The summed E-state index contributed by atoms with van der Waals surface area (Å²) in [5.74, 6) is -0.118. The molecular weight excluding hydrogens is 367 g/mol. The molecule has 1 amide bonds. The lowest BCUT2D eigenvalue weighted by molar-refractivity contribution is -0.132. The molecule has 0 N–H and O–H groups in total. The number of halogens is 1. The number of hydrogen-bond acceptors (Lipinski definition) is 3. The van der Waals surface area contributed by atoms with E-state index in [9.17, 15) is 9.18 Å². The summed E-state index contributed by atoms with van der Waals surface area (Å²) in [6.45, 7) is 3.42. The van der Waals surface area contributed by atoms with Gasteiger partial charge in [-0.3, -0.25) is 14.5 Å². The Hall–Kier alpha value is -3.28. The van der Waals surface area contributed by atoms with Crippen LogP contribution in [0, 0.1) is 12.7 Å². The number of fused-ring (bicyclic) bond motifs is 2. The summed E-state index contributed by atoms with van der Waals surface area (Å²) in [6, 6.07) is 9.35. The SMILES string of the molecule is Cc1cc(CN2Cc3cc4c(cc3CC2=O)CN=C4c2cnn(C)c2)ccc1F. The van der Waals surface area contributed by atoms with Crippen LogP contribution in [0.5, 0.6) is 0 Å². The van der Waals surface area contributed by atoms with Crippen molar-refractivity contribution in [3.8, 4) is 0 Å². The molecular formula is C23H21FN4O. The number of hydrogen-bond donors (Lipinski definition) is 0. The summed E-state index contributed by atoms with van der Waals surface area (Å²) in [5.41, 5.74) is 8.05. The van der Waals surface area contributed by atoms with Gasteiger partial charge in [0.25, 0.3) is 0 Å². The molecule has 2 aliphatic heterocycles. The lowest BCUT2D eigenvalue weighted by Gasteiger charge is -2.29. The maximum atomic E-state index is 13.6. The van der Waals surface area contributed by atoms with Crippen LogP contribution >= 0.6 is 0 Å². The van der Waals surface area contributed by atoms with E-state index >= 15 is 0 Å². The van der Waals surface area contributed by atoms with Crippen molar-refractivity contribution in [2.24, 2.45) is 12.0 Å². The van der Waals surface area contributed by atoms with Crippen LogP contribution in [0.3, 0.4) is 0 Å². The number of rotatable bonds is 3. The third-order valence-electron chi connectivity index (χ3n) is 5.72. The molecule has 29 heavy (non-hydrogen) atoms. The van der Waals surface area contributed by atoms with Gasteiger partial charge in [0.1, 0.15) is 5.82 Å². The second-order valence-corrected chi connectivity index (χ2v) is 7.86. The molecule has 2 aromatic carbocycles. The van der Waals surface area contributed by atoms with Gasteiger partial charge in [0.2, 0.25) is 5.91 Å². The van der Waals surface area contributed by atoms with E-state index in [1.165, 1.54) is 6.07 Å². The molecule has 3 heterocycles. The van der Waals surface area contributed by atoms with Crippen molar-refractivity contribution >= 4 is 11.6 Å². The second kappa shape index (κ2) is 6.65. The molecule has 1 aromatic heterocycles. The summed E-state index contributed by atoms with van der Waals surface area (Å²) in [7, 11) is 1.90. The average Bonchev–Trinajstić information content (AvgIpc) is 3.29. The van der Waals surface area contributed by atoms with Crippen LogP contribution in [-0.4, -0.2) is 26.3 Å². The molecule has 0 radical (unpaired) electrons. The van der Waals surface area contributed by atoms with E-state index in [1.54, 1.807) is 17.7 Å². The Labute approximate surface area is 168 Å². The first-order chi connectivity index (χ1) is 14.0. The highest BCUT2D eigenvalue weighted by Crippen LogP contribution is 2.30. The number of carbonyl (C=O) groups is 1. The van der Waals surface area contributed by atoms with Crippen LogP contribution in [-0.2, 0) is 37.9 Å². The monoisotopic (exact) mass is 388 g/mol. The standard InChI is InChI=1S/C23H21FN4O/c1-14-5-15(3-4-21(14)24)11-28-13-18-7-20-17(6-16(18)8-22(28)29)9-25-23(20)19-10-26-27(2)12-19/h3-7,10,12H,8-9,11,13H2,1-2H3. The number of benzene rings is 2. The maximum Gasteiger partial charge on any atom is 0.227 e. The molecule has 0 bridgehead atoms. The van der Waals surface area contributed by atoms with E-state index in [4.69, 9.17) is 4.99 Å². The Morgan fingerprint density at radius 3 is 2.76 bits per heavy atom. The van der Waals surface area contributed by atoms with Crippen molar-refractivity contribution in [3.05, 3.63) is 87.5 Å². The van der Waals surface area contributed by atoms with Crippen LogP contribution in [0.1, 0.15) is 38.9 Å². The van der Waals surface area contributed by atoms with Crippen LogP contribution in [0.15, 0.2) is 47.7 Å². The van der Waals surface area contributed by atoms with E-state index in [0.29, 0.717) is 31.6 Å². The first-order valence-electron chi connectivity index (χ1n) is 9.69. The predicted octanol–water partition coefficient (Wildman–Crippen LogP) is 3.30. The quantitative estimate of drug-likeness (QED) is 0.691. The van der Waals surface area contributed by atoms with Crippen molar-refractivity contribution in [1.29, 1.82) is 0 Å². The molecule has 0 spiro atoms. The van der Waals surface area contributed by atoms with Gasteiger partial charge in [0.15, 0.2) is 0 Å². The highest BCUT2D eigenvalue weighted by molar-refractivity contribution is 6.15. The fraction of sp³-hybridized carbons (Fsp3) is 0.261. The number of amides is 1. The predicted molar refractivity (Wildman–Crippen MR) is 108 cm³/mol. The summed E-state index contributed by atoms with van der Waals surface area (Å²) in [6.07, 6.45) is 4.20. The number of aromatic nitrogens is 2. The molecule has 3 aromatic rings. The van der Waals surface area contributed by atoms with Crippen molar-refractivity contribution in [2.75, 3.05) is 0 Å². The number of aryl methyl sites for hydroxylation is 2. The Bertz CT molecular complexity index is 1180. The summed E-state index contributed by atoms with van der Waals surface area (Å²) < 4.78 is 15.3. The van der Waals surface area contributed by atoms with Crippen LogP contribution in [0.4, 0.5) is 4.39 Å². The molecule has 146 valence electrons. The van der Waals surface area contributed by atoms with Crippen LogP contribution < -0.4 is 0 Å². The largest absolute Gasteiger partial charge is 0.334 e. The minimum atomic E-state index is -0.221. The van der Waals surface area contributed by atoms with Gasteiger partial charge in [-0.1, -0.05) is 18.2 Å². The van der Waals surface area contributed by atoms with Crippen molar-refractivity contribution in [1.82, 2.24) is 14.7 Å². The van der Waals surface area contributed by atoms with E-state index < -0.39 is 0 Å². The average molecular weight is 388 g/mol. The van der Waals surface area contributed by atoms with Gasteiger partial charge in [-0.05, 0) is 46.9 Å². The molecule has 0 aliphatic carbocycles. The molecule has 0 saturated heterocycles. The molecule has 6 heteroatoms. The fourth-order valence-electron chi connectivity index (χ4n) is 4.18.